The average Bonchev–Trinajstić information content (AvgIpc) is 3.21. The molecule has 0 atom stereocenters. The summed E-state index contributed by atoms with van der Waals surface area (Å²) in [6, 6.07) is 14.5. The van der Waals surface area contributed by atoms with Gasteiger partial charge in [0.05, 0.1) is 73.3 Å². The number of fused-ring (bicyclic) bond motifs is 4. The van der Waals surface area contributed by atoms with Crippen molar-refractivity contribution in [3.05, 3.63) is 140 Å². The standard InChI is InChI=1S/C45H46N8O10S2/c1-25(47-13-12-41(54)50-30-10-9-29(48-21-30)22-49-51-46)26-8-11-31(34(14-26)43(55)56)42-35-15-32-27(23-64(57,58)59)19-44(2,3)52(6)37(32)17-39(35)63-40-18-38-33(16-36(40)42)28(24-65(60,61)62)20-45(4,5)53(38)7/h8-11,14-21,47H,1,12-13,22-24H2,2-7H3,(H3-,50,54,55,56,57,58,59,60,61,62)/p-2. The molecular weight excluding hydrogens is 877 g/mol. The van der Waals surface area contributed by atoms with Gasteiger partial charge in [0.15, 0.2) is 5.54 Å². The number of carboxylic acids is 1. The highest BCUT2D eigenvalue weighted by Crippen LogP contribution is 2.47. The van der Waals surface area contributed by atoms with E-state index in [2.05, 4.69) is 32.2 Å². The first-order valence-corrected chi connectivity index (χ1v) is 23.3. The van der Waals surface area contributed by atoms with Crippen molar-refractivity contribution in [2.45, 2.75) is 51.7 Å². The van der Waals surface area contributed by atoms with E-state index in [9.17, 15) is 40.6 Å². The summed E-state index contributed by atoms with van der Waals surface area (Å²) in [6.07, 6.45) is 4.81. The number of aromatic carboxylic acids is 1. The van der Waals surface area contributed by atoms with E-state index in [4.69, 9.17) is 10.3 Å². The molecular formula is C45H44N8O10S2-2. The predicted molar refractivity (Wildman–Crippen MR) is 241 cm³/mol. The SMILES string of the molecule is C=C(NCCC(=O)Nc1ccc(CN=[N+]=[N-])nc1)c1ccc(C2=c3cc4c(cc3Oc3cc5c(cc32)C(CS(=O)(=O)[O-])=CC(C)(C)N5C)=[N+](C)C(C)(C)C=C4CS(=O)(=O)[O-])c(C(=O)[O-])c1. The van der Waals surface area contributed by atoms with Gasteiger partial charge >= 0.3 is 0 Å². The lowest BCUT2D eigenvalue weighted by Gasteiger charge is -2.42. The molecule has 0 saturated heterocycles. The van der Waals surface area contributed by atoms with Crippen molar-refractivity contribution in [1.82, 2.24) is 14.9 Å². The number of aromatic nitrogens is 1. The lowest BCUT2D eigenvalue weighted by molar-refractivity contribution is -0.255. The first-order valence-electron chi connectivity index (χ1n) is 20.1. The summed E-state index contributed by atoms with van der Waals surface area (Å²) in [7, 11) is -5.93. The number of carboxylic acid groups (broad SMARTS) is 1. The maximum absolute atomic E-state index is 13.2. The number of hydrogen-bond acceptors (Lipinski definition) is 14. The van der Waals surface area contributed by atoms with E-state index in [1.807, 2.05) is 51.3 Å². The number of hydrogen-bond donors (Lipinski definition) is 2. The molecule has 0 bridgehead atoms. The lowest BCUT2D eigenvalue weighted by Crippen LogP contribution is -2.47. The van der Waals surface area contributed by atoms with Crippen LogP contribution in [0.3, 0.4) is 0 Å². The second kappa shape index (κ2) is 16.9. The Kier molecular flexibility index (Phi) is 12.0. The van der Waals surface area contributed by atoms with Crippen LogP contribution in [0.1, 0.15) is 78.0 Å². The Bertz CT molecular complexity index is 3210. The molecule has 3 aliphatic rings. The van der Waals surface area contributed by atoms with Gasteiger partial charge in [-0.25, -0.2) is 21.4 Å². The van der Waals surface area contributed by atoms with Crippen LogP contribution in [0.2, 0.25) is 0 Å². The number of nitrogens with zero attached hydrogens (tertiary/aromatic N) is 6. The third-order valence-corrected chi connectivity index (χ3v) is 13.1. The minimum Gasteiger partial charge on any atom is -0.748 e. The normalized spacial score (nSPS) is 15.7. The molecule has 20 heteroatoms. The lowest BCUT2D eigenvalue weighted by atomic mass is 9.83. The van der Waals surface area contributed by atoms with Gasteiger partial charge in [-0.15, -0.1) is 0 Å². The molecule has 65 heavy (non-hydrogen) atoms. The summed E-state index contributed by atoms with van der Waals surface area (Å²) < 4.78 is 82.1. The van der Waals surface area contributed by atoms with Gasteiger partial charge in [-0.05, 0) is 78.1 Å². The van der Waals surface area contributed by atoms with Crippen LogP contribution in [0.25, 0.3) is 32.9 Å². The van der Waals surface area contributed by atoms with Crippen molar-refractivity contribution in [1.29, 1.82) is 0 Å². The molecule has 0 radical (unpaired) electrons. The number of carbonyl (C=O) groups excluding carboxylic acids is 2. The second-order valence-electron chi connectivity index (χ2n) is 17.1. The quantitative estimate of drug-likeness (QED) is 0.0533. The molecule has 7 rings (SSSR count). The monoisotopic (exact) mass is 920 g/mol. The zero-order valence-electron chi connectivity index (χ0n) is 36.3. The minimum absolute atomic E-state index is 0.00202. The molecule has 0 fully saturated rings. The predicted octanol–water partition coefficient (Wildman–Crippen LogP) is 3.20. The fraction of sp³-hybridized carbons (Fsp3) is 0.289. The molecule has 18 nitrogen and oxygen atoms in total. The fourth-order valence-corrected chi connectivity index (χ4v) is 9.47. The Hall–Kier alpha value is -6.83. The van der Waals surface area contributed by atoms with Crippen LogP contribution in [0, 0.1) is 0 Å². The van der Waals surface area contributed by atoms with Crippen LogP contribution in [0.15, 0.2) is 84.6 Å². The van der Waals surface area contributed by atoms with Crippen molar-refractivity contribution in [3.63, 3.8) is 0 Å². The number of rotatable bonds is 14. The number of nitrogens with one attached hydrogen (secondary N) is 2. The molecule has 0 aliphatic carbocycles. The molecule has 338 valence electrons. The van der Waals surface area contributed by atoms with Crippen LogP contribution in [0.5, 0.6) is 11.5 Å². The van der Waals surface area contributed by atoms with Gasteiger partial charge in [-0.2, -0.15) is 0 Å². The summed E-state index contributed by atoms with van der Waals surface area (Å²) >= 11 is 0. The van der Waals surface area contributed by atoms with E-state index in [1.54, 1.807) is 60.7 Å². The zero-order valence-corrected chi connectivity index (χ0v) is 37.9. The van der Waals surface area contributed by atoms with Crippen LogP contribution < -0.4 is 40.5 Å². The van der Waals surface area contributed by atoms with Crippen molar-refractivity contribution < 1.29 is 45.4 Å². The molecule has 4 heterocycles. The first-order chi connectivity index (χ1) is 30.4. The number of pyridine rings is 1. The van der Waals surface area contributed by atoms with Crippen molar-refractivity contribution in [3.8, 4) is 11.5 Å². The highest BCUT2D eigenvalue weighted by atomic mass is 32.2. The van der Waals surface area contributed by atoms with Gasteiger partial charge in [0.1, 0.15) is 18.5 Å². The van der Waals surface area contributed by atoms with Crippen LogP contribution >= 0.6 is 0 Å². The van der Waals surface area contributed by atoms with Gasteiger partial charge in [0, 0.05) is 89.4 Å². The number of azide groups is 1. The number of ether oxygens (including phenoxy) is 1. The van der Waals surface area contributed by atoms with Crippen LogP contribution in [0.4, 0.5) is 11.4 Å². The number of likely N-dealkylation sites (N-methyl/N-ethyl adjacent to an activating group) is 2. The maximum Gasteiger partial charge on any atom is 0.226 e. The highest BCUT2D eigenvalue weighted by Gasteiger charge is 2.36. The molecule has 2 N–H and O–H groups in total. The molecule has 3 aromatic carbocycles. The maximum atomic E-state index is 13.2. The van der Waals surface area contributed by atoms with Gasteiger partial charge in [-0.1, -0.05) is 29.9 Å². The number of carbonyl (C=O) groups is 2. The molecule has 4 aromatic rings. The Morgan fingerprint density at radius 2 is 1.62 bits per heavy atom. The third kappa shape index (κ3) is 9.67. The van der Waals surface area contributed by atoms with E-state index >= 15 is 0 Å². The molecule has 0 unspecified atom stereocenters. The largest absolute Gasteiger partial charge is 0.748 e. The topological polar surface area (TPSA) is 273 Å². The summed E-state index contributed by atoms with van der Waals surface area (Å²) in [4.78, 5) is 34.7. The van der Waals surface area contributed by atoms with Crippen molar-refractivity contribution in [2.75, 3.05) is 42.4 Å². The number of amides is 1. The summed E-state index contributed by atoms with van der Waals surface area (Å²) in [6.45, 7) is 11.7. The Morgan fingerprint density at radius 1 is 0.923 bits per heavy atom. The van der Waals surface area contributed by atoms with Crippen molar-refractivity contribution in [2.24, 2.45) is 5.11 Å². The molecule has 0 saturated carbocycles. The summed E-state index contributed by atoms with van der Waals surface area (Å²) in [5, 5.41) is 23.3. The Labute approximate surface area is 375 Å². The average molecular weight is 921 g/mol. The molecule has 0 spiro atoms. The fourth-order valence-electron chi connectivity index (χ4n) is 8.23. The van der Waals surface area contributed by atoms with E-state index in [1.165, 1.54) is 12.3 Å². The Morgan fingerprint density at radius 3 is 2.25 bits per heavy atom. The van der Waals surface area contributed by atoms with E-state index in [-0.39, 0.29) is 64.9 Å². The number of benzene rings is 3. The van der Waals surface area contributed by atoms with Gasteiger partial charge in [0.2, 0.25) is 11.3 Å². The zero-order chi connectivity index (χ0) is 47.4. The van der Waals surface area contributed by atoms with E-state index < -0.39 is 48.8 Å². The highest BCUT2D eigenvalue weighted by molar-refractivity contribution is 7.86. The summed E-state index contributed by atoms with van der Waals surface area (Å²) in [5.74, 6) is -3.02. The number of anilines is 2. The smallest absolute Gasteiger partial charge is 0.226 e. The Balaban J connectivity index is 1.35. The van der Waals surface area contributed by atoms with Gasteiger partial charge in [0.25, 0.3) is 0 Å². The molecule has 3 aliphatic heterocycles. The van der Waals surface area contributed by atoms with E-state index in [0.29, 0.717) is 55.5 Å². The van der Waals surface area contributed by atoms with Crippen LogP contribution in [-0.4, -0.2) is 86.0 Å². The minimum atomic E-state index is -4.77. The second-order valence-corrected chi connectivity index (χ2v) is 19.9. The molecule has 1 aromatic heterocycles. The van der Waals surface area contributed by atoms with Gasteiger partial charge in [-0.3, -0.25) is 9.78 Å². The first kappa shape index (κ1) is 46.2. The summed E-state index contributed by atoms with van der Waals surface area (Å²) in [5.41, 5.74) is 10.9. The van der Waals surface area contributed by atoms with Crippen LogP contribution in [-0.2, 0) is 31.6 Å². The van der Waals surface area contributed by atoms with Gasteiger partial charge < -0.3 is 39.3 Å². The van der Waals surface area contributed by atoms with E-state index in [0.717, 1.165) is 0 Å². The molecule has 1 amide bonds. The third-order valence-electron chi connectivity index (χ3n) is 11.8. The van der Waals surface area contributed by atoms with Crippen molar-refractivity contribution >= 4 is 65.9 Å².